The molecule has 1 aromatic rings. The summed E-state index contributed by atoms with van der Waals surface area (Å²) in [5.74, 6) is 0.606. The molecule has 116 valence electrons. The minimum absolute atomic E-state index is 0.0354. The van der Waals surface area contributed by atoms with Gasteiger partial charge in [-0.1, -0.05) is 11.6 Å². The summed E-state index contributed by atoms with van der Waals surface area (Å²) in [6.45, 7) is 4.41. The fourth-order valence-corrected chi connectivity index (χ4v) is 1.85. The van der Waals surface area contributed by atoms with Crippen LogP contribution in [0.3, 0.4) is 0 Å². The molecule has 0 saturated carbocycles. The molecule has 3 amide bonds. The van der Waals surface area contributed by atoms with E-state index in [1.54, 1.807) is 12.1 Å². The Balaban J connectivity index is 2.49. The van der Waals surface area contributed by atoms with Crippen LogP contribution in [0.5, 0.6) is 5.75 Å². The number of urea groups is 1. The Labute approximate surface area is 129 Å². The number of aryl methyl sites for hydroxylation is 2. The van der Waals surface area contributed by atoms with Gasteiger partial charge in [-0.2, -0.15) is 0 Å². The van der Waals surface area contributed by atoms with E-state index in [0.717, 1.165) is 16.0 Å². The predicted octanol–water partition coefficient (Wildman–Crippen LogP) is 1.81. The van der Waals surface area contributed by atoms with Crippen molar-refractivity contribution in [3.05, 3.63) is 28.3 Å². The van der Waals surface area contributed by atoms with Gasteiger partial charge >= 0.3 is 6.03 Å². The molecule has 0 aromatic heterocycles. The number of nitrogens with one attached hydrogen (secondary N) is 1. The zero-order chi connectivity index (χ0) is 15.8. The average Bonchev–Trinajstić information content (AvgIpc) is 2.45. The molecule has 3 N–H and O–H groups in total. The SMILES string of the molecule is Cc1cc(OCNC(=O)N(C=O)CCCN)cc(C)c1Cl. The highest BCUT2D eigenvalue weighted by Crippen LogP contribution is 2.25. The molecular formula is C14H20ClN3O3. The van der Waals surface area contributed by atoms with E-state index in [2.05, 4.69) is 5.32 Å². The third-order valence-corrected chi connectivity index (χ3v) is 3.46. The van der Waals surface area contributed by atoms with E-state index < -0.39 is 6.03 Å². The van der Waals surface area contributed by atoms with Gasteiger partial charge in [0.2, 0.25) is 6.41 Å². The maximum Gasteiger partial charge on any atom is 0.326 e. The molecule has 0 fully saturated rings. The summed E-state index contributed by atoms with van der Waals surface area (Å²) in [4.78, 5) is 23.5. The number of benzene rings is 1. The molecule has 0 atom stereocenters. The van der Waals surface area contributed by atoms with Crippen LogP contribution in [-0.4, -0.2) is 37.2 Å². The smallest absolute Gasteiger partial charge is 0.326 e. The number of imide groups is 1. The number of nitrogens with two attached hydrogens (primary N) is 1. The van der Waals surface area contributed by atoms with Gasteiger partial charge in [-0.25, -0.2) is 4.79 Å². The minimum Gasteiger partial charge on any atom is -0.473 e. The number of halogens is 1. The van der Waals surface area contributed by atoms with E-state index in [1.807, 2.05) is 13.8 Å². The lowest BCUT2D eigenvalue weighted by atomic mass is 10.1. The molecule has 0 radical (unpaired) electrons. The summed E-state index contributed by atoms with van der Waals surface area (Å²) < 4.78 is 5.43. The third-order valence-electron chi connectivity index (χ3n) is 2.86. The summed E-state index contributed by atoms with van der Waals surface area (Å²) in [7, 11) is 0. The number of carbonyl (C=O) groups excluding carboxylic acids is 2. The first-order chi connectivity index (χ1) is 9.99. The largest absolute Gasteiger partial charge is 0.473 e. The fraction of sp³-hybridized carbons (Fsp3) is 0.429. The van der Waals surface area contributed by atoms with Crippen LogP contribution in [0.15, 0.2) is 12.1 Å². The maximum absolute atomic E-state index is 11.7. The number of rotatable bonds is 7. The lowest BCUT2D eigenvalue weighted by Gasteiger charge is -2.16. The van der Waals surface area contributed by atoms with Gasteiger partial charge in [0, 0.05) is 11.6 Å². The first kappa shape index (κ1) is 17.3. The fourth-order valence-electron chi connectivity index (χ4n) is 1.74. The van der Waals surface area contributed by atoms with Gasteiger partial charge in [0.15, 0.2) is 6.73 Å². The van der Waals surface area contributed by atoms with Crippen molar-refractivity contribution in [2.24, 2.45) is 5.73 Å². The Bertz CT molecular complexity index is 485. The second kappa shape index (κ2) is 8.49. The molecule has 0 bridgehead atoms. The van der Waals surface area contributed by atoms with Crippen molar-refractivity contribution >= 4 is 24.0 Å². The Kier molecular flexibility index (Phi) is 6.98. The quantitative estimate of drug-likeness (QED) is 0.594. The molecule has 21 heavy (non-hydrogen) atoms. The van der Waals surface area contributed by atoms with Crippen LogP contribution in [0.2, 0.25) is 5.02 Å². The van der Waals surface area contributed by atoms with Gasteiger partial charge in [0.25, 0.3) is 0 Å². The van der Waals surface area contributed by atoms with Crippen molar-refractivity contribution < 1.29 is 14.3 Å². The van der Waals surface area contributed by atoms with Crippen molar-refractivity contribution in [2.75, 3.05) is 19.8 Å². The molecule has 6 nitrogen and oxygen atoms in total. The molecule has 7 heteroatoms. The number of hydrogen-bond acceptors (Lipinski definition) is 4. The Morgan fingerprint density at radius 3 is 2.57 bits per heavy atom. The lowest BCUT2D eigenvalue weighted by molar-refractivity contribution is -0.115. The Morgan fingerprint density at radius 1 is 1.43 bits per heavy atom. The van der Waals surface area contributed by atoms with Crippen molar-refractivity contribution in [1.29, 1.82) is 0 Å². The minimum atomic E-state index is -0.513. The first-order valence-electron chi connectivity index (χ1n) is 6.59. The van der Waals surface area contributed by atoms with Crippen molar-refractivity contribution in [3.63, 3.8) is 0 Å². The second-order valence-electron chi connectivity index (χ2n) is 4.58. The Morgan fingerprint density at radius 2 is 2.05 bits per heavy atom. The zero-order valence-corrected chi connectivity index (χ0v) is 12.9. The number of amides is 3. The molecule has 0 aliphatic rings. The standard InChI is InChI=1S/C14H20ClN3O3/c1-10-6-12(7-11(2)13(10)15)21-8-17-14(20)18(9-19)5-3-4-16/h6-7,9H,3-5,8,16H2,1-2H3,(H,17,20). The van der Waals surface area contributed by atoms with Gasteiger partial charge < -0.3 is 15.8 Å². The third kappa shape index (κ3) is 5.24. The predicted molar refractivity (Wildman–Crippen MR) is 81.4 cm³/mol. The van der Waals surface area contributed by atoms with Crippen LogP contribution in [0, 0.1) is 13.8 Å². The van der Waals surface area contributed by atoms with Crippen LogP contribution in [-0.2, 0) is 4.79 Å². The van der Waals surface area contributed by atoms with Gasteiger partial charge in [-0.3, -0.25) is 9.69 Å². The molecule has 0 aliphatic carbocycles. The van der Waals surface area contributed by atoms with Crippen LogP contribution >= 0.6 is 11.6 Å². The van der Waals surface area contributed by atoms with Crippen molar-refractivity contribution in [2.45, 2.75) is 20.3 Å². The van der Waals surface area contributed by atoms with E-state index >= 15 is 0 Å². The van der Waals surface area contributed by atoms with Crippen molar-refractivity contribution in [1.82, 2.24) is 10.2 Å². The number of nitrogens with zero attached hydrogens (tertiary/aromatic N) is 1. The van der Waals surface area contributed by atoms with Gasteiger partial charge in [-0.15, -0.1) is 0 Å². The monoisotopic (exact) mass is 313 g/mol. The first-order valence-corrected chi connectivity index (χ1v) is 6.96. The molecule has 0 spiro atoms. The highest BCUT2D eigenvalue weighted by molar-refractivity contribution is 6.32. The van der Waals surface area contributed by atoms with Crippen LogP contribution in [0.1, 0.15) is 17.5 Å². The maximum atomic E-state index is 11.7. The molecule has 0 saturated heterocycles. The normalized spacial score (nSPS) is 10.1. The molecule has 0 aliphatic heterocycles. The van der Waals surface area contributed by atoms with Gasteiger partial charge in [-0.05, 0) is 50.1 Å². The van der Waals surface area contributed by atoms with Crippen LogP contribution in [0.25, 0.3) is 0 Å². The summed E-state index contributed by atoms with van der Waals surface area (Å²) in [5.41, 5.74) is 7.14. The summed E-state index contributed by atoms with van der Waals surface area (Å²) in [6, 6.07) is 3.06. The van der Waals surface area contributed by atoms with E-state index in [9.17, 15) is 9.59 Å². The molecule has 1 aromatic carbocycles. The highest BCUT2D eigenvalue weighted by Gasteiger charge is 2.11. The molecule has 0 heterocycles. The number of ether oxygens (including phenoxy) is 1. The molecule has 1 rings (SSSR count). The van der Waals surface area contributed by atoms with E-state index in [1.165, 1.54) is 0 Å². The zero-order valence-electron chi connectivity index (χ0n) is 12.2. The molecule has 0 unspecified atom stereocenters. The molecular weight excluding hydrogens is 294 g/mol. The van der Waals surface area contributed by atoms with E-state index in [-0.39, 0.29) is 13.3 Å². The second-order valence-corrected chi connectivity index (χ2v) is 4.96. The highest BCUT2D eigenvalue weighted by atomic mass is 35.5. The summed E-state index contributed by atoms with van der Waals surface area (Å²) in [6.07, 6.45) is 1.03. The van der Waals surface area contributed by atoms with E-state index in [4.69, 9.17) is 22.1 Å². The van der Waals surface area contributed by atoms with Crippen LogP contribution < -0.4 is 15.8 Å². The van der Waals surface area contributed by atoms with Gasteiger partial charge in [0.1, 0.15) is 5.75 Å². The lowest BCUT2D eigenvalue weighted by Crippen LogP contribution is -2.41. The van der Waals surface area contributed by atoms with Crippen molar-refractivity contribution in [3.8, 4) is 5.75 Å². The van der Waals surface area contributed by atoms with Crippen LogP contribution in [0.4, 0.5) is 4.79 Å². The summed E-state index contributed by atoms with van der Waals surface area (Å²) >= 11 is 6.06. The topological polar surface area (TPSA) is 84.7 Å². The summed E-state index contributed by atoms with van der Waals surface area (Å²) in [5, 5.41) is 3.20. The number of hydrogen-bond donors (Lipinski definition) is 2. The number of carbonyl (C=O) groups is 2. The van der Waals surface area contributed by atoms with E-state index in [0.29, 0.717) is 30.1 Å². The van der Waals surface area contributed by atoms with Gasteiger partial charge in [0.05, 0.1) is 0 Å². The Hall–Kier alpha value is -1.79. The average molecular weight is 314 g/mol.